The quantitative estimate of drug-likeness (QED) is 0.602. The molecule has 0 saturated carbocycles. The van der Waals surface area contributed by atoms with E-state index in [0.717, 1.165) is 25.7 Å². The zero-order valence-electron chi connectivity index (χ0n) is 12.6. The number of carbonyl (C=O) groups excluding carboxylic acids is 2. The minimum Gasteiger partial charge on any atom is -0.469 e. The lowest BCUT2D eigenvalue weighted by molar-refractivity contribution is -0.181. The number of hydrogen-bond acceptors (Lipinski definition) is 5. The van der Waals surface area contributed by atoms with Crippen LogP contribution in [0.15, 0.2) is 0 Å². The number of nitrogens with one attached hydrogen (secondary N) is 1. The third kappa shape index (κ3) is 4.57. The number of unbranched alkanes of at least 4 members (excludes halogenated alkanes) is 1. The molecule has 7 nitrogen and oxygen atoms in total. The largest absolute Gasteiger partial charge is 0.469 e. The van der Waals surface area contributed by atoms with Crippen LogP contribution < -0.4 is 5.32 Å². The Bertz CT molecular complexity index is 358. The van der Waals surface area contributed by atoms with Crippen LogP contribution in [0.3, 0.4) is 0 Å². The Balaban J connectivity index is 1.58. The molecule has 0 atom stereocenters. The number of nitrogens with zero attached hydrogens (tertiary/aromatic N) is 1. The van der Waals surface area contributed by atoms with Gasteiger partial charge in [0.1, 0.15) is 0 Å². The normalized spacial score (nSPS) is 20.5. The first kappa shape index (κ1) is 16.0. The van der Waals surface area contributed by atoms with Gasteiger partial charge in [-0.25, -0.2) is 4.79 Å². The smallest absolute Gasteiger partial charge is 0.317 e. The Labute approximate surface area is 124 Å². The molecule has 0 unspecified atom stereocenters. The number of methoxy groups -OCH3 is 1. The molecule has 2 heterocycles. The molecule has 2 aliphatic rings. The van der Waals surface area contributed by atoms with Crippen LogP contribution in [0, 0.1) is 0 Å². The molecular weight excluding hydrogens is 276 g/mol. The van der Waals surface area contributed by atoms with Gasteiger partial charge in [-0.2, -0.15) is 0 Å². The van der Waals surface area contributed by atoms with Crippen LogP contribution >= 0.6 is 0 Å². The van der Waals surface area contributed by atoms with Crippen molar-refractivity contribution in [2.24, 2.45) is 0 Å². The Morgan fingerprint density at radius 3 is 2.48 bits per heavy atom. The standard InChI is InChI=1S/C14H24N2O5/c1-19-12(17)4-2-3-7-15-13(18)16-8-5-14(6-9-16)20-10-11-21-14/h2-11H2,1H3,(H,15,18). The van der Waals surface area contributed by atoms with E-state index >= 15 is 0 Å². The number of carbonyl (C=O) groups is 2. The van der Waals surface area contributed by atoms with E-state index in [4.69, 9.17) is 9.47 Å². The van der Waals surface area contributed by atoms with Crippen molar-refractivity contribution in [1.29, 1.82) is 0 Å². The zero-order valence-corrected chi connectivity index (χ0v) is 12.6. The minimum atomic E-state index is -0.447. The second-order valence-corrected chi connectivity index (χ2v) is 5.36. The zero-order chi connectivity index (χ0) is 15.1. The van der Waals surface area contributed by atoms with Gasteiger partial charge in [0, 0.05) is 38.9 Å². The van der Waals surface area contributed by atoms with Gasteiger partial charge in [-0.15, -0.1) is 0 Å². The molecule has 0 aliphatic carbocycles. The molecule has 21 heavy (non-hydrogen) atoms. The van der Waals surface area contributed by atoms with E-state index < -0.39 is 5.79 Å². The van der Waals surface area contributed by atoms with Crippen LogP contribution in [-0.4, -0.2) is 62.6 Å². The summed E-state index contributed by atoms with van der Waals surface area (Å²) in [5.74, 6) is -0.656. The van der Waals surface area contributed by atoms with Crippen molar-refractivity contribution in [1.82, 2.24) is 10.2 Å². The Morgan fingerprint density at radius 2 is 1.86 bits per heavy atom. The number of rotatable bonds is 5. The van der Waals surface area contributed by atoms with Gasteiger partial charge in [0.05, 0.1) is 20.3 Å². The highest BCUT2D eigenvalue weighted by atomic mass is 16.7. The molecule has 2 amide bonds. The van der Waals surface area contributed by atoms with Gasteiger partial charge >= 0.3 is 12.0 Å². The Kier molecular flexibility index (Phi) is 5.81. The third-order valence-corrected chi connectivity index (χ3v) is 3.94. The number of esters is 1. The summed E-state index contributed by atoms with van der Waals surface area (Å²) >= 11 is 0. The maximum absolute atomic E-state index is 12.0. The number of ether oxygens (including phenoxy) is 3. The van der Waals surface area contributed by atoms with Crippen molar-refractivity contribution in [3.8, 4) is 0 Å². The summed E-state index contributed by atoms with van der Waals surface area (Å²) in [7, 11) is 1.38. The van der Waals surface area contributed by atoms with E-state index in [1.165, 1.54) is 7.11 Å². The summed E-state index contributed by atoms with van der Waals surface area (Å²) in [5, 5.41) is 2.88. The minimum absolute atomic E-state index is 0.0547. The second kappa shape index (κ2) is 7.61. The Morgan fingerprint density at radius 1 is 1.19 bits per heavy atom. The molecule has 2 fully saturated rings. The van der Waals surface area contributed by atoms with E-state index in [9.17, 15) is 9.59 Å². The van der Waals surface area contributed by atoms with Gasteiger partial charge in [-0.3, -0.25) is 4.79 Å². The SMILES string of the molecule is COC(=O)CCCCNC(=O)N1CCC2(CC1)OCCO2. The molecule has 0 radical (unpaired) electrons. The van der Waals surface area contributed by atoms with Gasteiger partial charge < -0.3 is 24.4 Å². The molecule has 120 valence electrons. The van der Waals surface area contributed by atoms with Crippen molar-refractivity contribution in [3.63, 3.8) is 0 Å². The highest BCUT2D eigenvalue weighted by molar-refractivity contribution is 5.74. The number of likely N-dealkylation sites (tertiary alicyclic amines) is 1. The van der Waals surface area contributed by atoms with Gasteiger partial charge in [-0.1, -0.05) is 0 Å². The van der Waals surface area contributed by atoms with Gasteiger partial charge in [0.25, 0.3) is 0 Å². The first-order chi connectivity index (χ1) is 10.2. The first-order valence-electron chi connectivity index (χ1n) is 7.53. The lowest BCUT2D eigenvalue weighted by atomic mass is 10.0. The highest BCUT2D eigenvalue weighted by Gasteiger charge is 2.40. The number of urea groups is 1. The molecular formula is C14H24N2O5. The fourth-order valence-electron chi connectivity index (χ4n) is 2.64. The van der Waals surface area contributed by atoms with Crippen LogP contribution in [0.4, 0.5) is 4.79 Å². The van der Waals surface area contributed by atoms with Gasteiger partial charge in [0.2, 0.25) is 0 Å². The molecule has 0 bridgehead atoms. The van der Waals surface area contributed by atoms with Crippen molar-refractivity contribution in [3.05, 3.63) is 0 Å². The van der Waals surface area contributed by atoms with E-state index in [2.05, 4.69) is 10.1 Å². The van der Waals surface area contributed by atoms with E-state index in [-0.39, 0.29) is 12.0 Å². The summed E-state index contributed by atoms with van der Waals surface area (Å²) in [6.07, 6.45) is 3.33. The molecule has 0 aromatic heterocycles. The van der Waals surface area contributed by atoms with E-state index in [0.29, 0.717) is 39.3 Å². The topological polar surface area (TPSA) is 77.1 Å². The second-order valence-electron chi connectivity index (χ2n) is 5.36. The number of amides is 2. The number of piperidine rings is 1. The fraction of sp³-hybridized carbons (Fsp3) is 0.857. The van der Waals surface area contributed by atoms with Crippen LogP contribution in [0.1, 0.15) is 32.1 Å². The summed E-state index contributed by atoms with van der Waals surface area (Å²) < 4.78 is 15.8. The fourth-order valence-corrected chi connectivity index (χ4v) is 2.64. The molecule has 1 spiro atoms. The predicted molar refractivity (Wildman–Crippen MR) is 74.7 cm³/mol. The van der Waals surface area contributed by atoms with Crippen LogP contribution in [0.25, 0.3) is 0 Å². The van der Waals surface area contributed by atoms with Crippen LogP contribution in [-0.2, 0) is 19.0 Å². The van der Waals surface area contributed by atoms with Crippen LogP contribution in [0.2, 0.25) is 0 Å². The maximum atomic E-state index is 12.0. The molecule has 2 saturated heterocycles. The Hall–Kier alpha value is -1.34. The summed E-state index contributed by atoms with van der Waals surface area (Å²) in [5.41, 5.74) is 0. The molecule has 1 N–H and O–H groups in total. The van der Waals surface area contributed by atoms with Gasteiger partial charge in [-0.05, 0) is 12.8 Å². The highest BCUT2D eigenvalue weighted by Crippen LogP contribution is 2.31. The van der Waals surface area contributed by atoms with E-state index in [1.54, 1.807) is 4.90 Å². The first-order valence-corrected chi connectivity index (χ1v) is 7.53. The van der Waals surface area contributed by atoms with Crippen LogP contribution in [0.5, 0.6) is 0 Å². The molecule has 0 aromatic rings. The van der Waals surface area contributed by atoms with E-state index in [1.807, 2.05) is 0 Å². The molecule has 2 rings (SSSR count). The van der Waals surface area contributed by atoms with Crippen molar-refractivity contribution in [2.45, 2.75) is 37.9 Å². The third-order valence-electron chi connectivity index (χ3n) is 3.94. The van der Waals surface area contributed by atoms with Crippen molar-refractivity contribution < 1.29 is 23.8 Å². The lowest BCUT2D eigenvalue weighted by Crippen LogP contribution is -2.50. The molecule has 7 heteroatoms. The predicted octanol–water partition coefficient (Wildman–Crippen LogP) is 0.878. The summed E-state index contributed by atoms with van der Waals surface area (Å²) in [4.78, 5) is 24.7. The van der Waals surface area contributed by atoms with Crippen molar-refractivity contribution >= 4 is 12.0 Å². The molecule has 0 aromatic carbocycles. The van der Waals surface area contributed by atoms with Gasteiger partial charge in [0.15, 0.2) is 5.79 Å². The average molecular weight is 300 g/mol. The summed E-state index contributed by atoms with van der Waals surface area (Å²) in [6, 6.07) is -0.0547. The molecule has 2 aliphatic heterocycles. The maximum Gasteiger partial charge on any atom is 0.317 e. The summed E-state index contributed by atoms with van der Waals surface area (Å²) in [6.45, 7) is 3.16. The average Bonchev–Trinajstić information content (AvgIpc) is 2.95. The lowest BCUT2D eigenvalue weighted by Gasteiger charge is -2.37. The van der Waals surface area contributed by atoms with Crippen molar-refractivity contribution in [2.75, 3.05) is 40.0 Å². The monoisotopic (exact) mass is 300 g/mol. The number of hydrogen-bond donors (Lipinski definition) is 1.